The van der Waals surface area contributed by atoms with Crippen molar-refractivity contribution in [2.75, 3.05) is 0 Å². The second-order valence-corrected chi connectivity index (χ2v) is 7.08. The highest BCUT2D eigenvalue weighted by molar-refractivity contribution is 7.21. The molecule has 4 nitrogen and oxygen atoms in total. The van der Waals surface area contributed by atoms with Crippen LogP contribution in [0.2, 0.25) is 0 Å². The smallest absolute Gasteiger partial charge is 0.261 e. The zero-order valence-corrected chi connectivity index (χ0v) is 15.1. The molecule has 0 saturated carbocycles. The molecule has 0 fully saturated rings. The number of hydrogen-bond acceptors (Lipinski definition) is 4. The number of fused-ring (bicyclic) bond motifs is 1. The van der Waals surface area contributed by atoms with Gasteiger partial charge >= 0.3 is 0 Å². The van der Waals surface area contributed by atoms with Gasteiger partial charge in [0.15, 0.2) is 0 Å². The number of carbonyl (C=O) groups excluding carboxylic acids is 1. The van der Waals surface area contributed by atoms with Crippen molar-refractivity contribution in [3.8, 4) is 5.88 Å². The number of benzene rings is 1. The third-order valence-electron chi connectivity index (χ3n) is 3.72. The average Bonchev–Trinajstić information content (AvgIpc) is 2.92. The van der Waals surface area contributed by atoms with E-state index in [1.807, 2.05) is 26.0 Å². The lowest BCUT2D eigenvalue weighted by Crippen LogP contribution is -2.22. The fraction of sp³-hybridized carbons (Fsp3) is 0.263. The summed E-state index contributed by atoms with van der Waals surface area (Å²) in [6.07, 6.45) is 1.74. The molecule has 0 spiro atoms. The van der Waals surface area contributed by atoms with Crippen molar-refractivity contribution < 1.29 is 13.9 Å². The van der Waals surface area contributed by atoms with Crippen LogP contribution in [0, 0.1) is 12.7 Å². The molecule has 25 heavy (non-hydrogen) atoms. The molecule has 0 radical (unpaired) electrons. The van der Waals surface area contributed by atoms with E-state index < -0.39 is 0 Å². The molecule has 1 aromatic carbocycles. The number of thiophene rings is 1. The Morgan fingerprint density at radius 2 is 2.12 bits per heavy atom. The van der Waals surface area contributed by atoms with Crippen LogP contribution < -0.4 is 10.1 Å². The minimum absolute atomic E-state index is 0.0642. The number of carbonyl (C=O) groups is 1. The Balaban J connectivity index is 1.71. The summed E-state index contributed by atoms with van der Waals surface area (Å²) in [6, 6.07) is 8.53. The van der Waals surface area contributed by atoms with Crippen LogP contribution >= 0.6 is 11.3 Å². The highest BCUT2D eigenvalue weighted by atomic mass is 32.1. The fourth-order valence-electron chi connectivity index (χ4n) is 2.56. The molecular weight excluding hydrogens is 339 g/mol. The van der Waals surface area contributed by atoms with Crippen LogP contribution in [0.25, 0.3) is 10.1 Å². The molecular formula is C19H19FN2O2S. The Kier molecular flexibility index (Phi) is 4.99. The molecule has 3 aromatic rings. The maximum atomic E-state index is 14.0. The number of aryl methyl sites for hydroxylation is 1. The van der Waals surface area contributed by atoms with Gasteiger partial charge in [-0.3, -0.25) is 4.79 Å². The van der Waals surface area contributed by atoms with E-state index in [0.717, 1.165) is 10.3 Å². The first-order chi connectivity index (χ1) is 12.0. The Hall–Kier alpha value is -2.47. The number of pyridine rings is 1. The van der Waals surface area contributed by atoms with Gasteiger partial charge in [0, 0.05) is 28.9 Å². The van der Waals surface area contributed by atoms with Crippen molar-refractivity contribution >= 4 is 27.3 Å². The number of hydrogen-bond donors (Lipinski definition) is 1. The first-order valence-corrected chi connectivity index (χ1v) is 8.84. The molecule has 0 unspecified atom stereocenters. The minimum Gasteiger partial charge on any atom is -0.475 e. The second-order valence-electron chi connectivity index (χ2n) is 6.02. The van der Waals surface area contributed by atoms with Crippen LogP contribution in [0.3, 0.4) is 0 Å². The maximum absolute atomic E-state index is 14.0. The zero-order chi connectivity index (χ0) is 18.0. The molecule has 1 N–H and O–H groups in total. The van der Waals surface area contributed by atoms with Gasteiger partial charge in [0.1, 0.15) is 5.82 Å². The molecule has 1 amide bonds. The van der Waals surface area contributed by atoms with Gasteiger partial charge in [-0.15, -0.1) is 11.3 Å². The lowest BCUT2D eigenvalue weighted by Gasteiger charge is -2.09. The number of halogens is 1. The average molecular weight is 358 g/mol. The van der Waals surface area contributed by atoms with E-state index in [1.165, 1.54) is 17.4 Å². The molecule has 2 heterocycles. The van der Waals surface area contributed by atoms with Gasteiger partial charge < -0.3 is 10.1 Å². The molecule has 2 aromatic heterocycles. The van der Waals surface area contributed by atoms with Gasteiger partial charge in [-0.1, -0.05) is 12.1 Å². The lowest BCUT2D eigenvalue weighted by atomic mass is 10.1. The van der Waals surface area contributed by atoms with E-state index in [-0.39, 0.29) is 17.8 Å². The van der Waals surface area contributed by atoms with Gasteiger partial charge in [-0.25, -0.2) is 9.37 Å². The Bertz CT molecular complexity index is 904. The van der Waals surface area contributed by atoms with Crippen molar-refractivity contribution in [3.63, 3.8) is 0 Å². The summed E-state index contributed by atoms with van der Waals surface area (Å²) in [5.74, 6) is 0.0525. The minimum atomic E-state index is -0.296. The summed E-state index contributed by atoms with van der Waals surface area (Å²) in [5.41, 5.74) is 1.55. The summed E-state index contributed by atoms with van der Waals surface area (Å²) in [5, 5.41) is 3.39. The van der Waals surface area contributed by atoms with Gasteiger partial charge in [-0.2, -0.15) is 0 Å². The number of amides is 1. The molecule has 130 valence electrons. The predicted molar refractivity (Wildman–Crippen MR) is 97.7 cm³/mol. The third kappa shape index (κ3) is 3.79. The van der Waals surface area contributed by atoms with Gasteiger partial charge in [0.2, 0.25) is 5.88 Å². The van der Waals surface area contributed by atoms with Gasteiger partial charge in [-0.05, 0) is 44.0 Å². The van der Waals surface area contributed by atoms with Crippen molar-refractivity contribution in [2.45, 2.75) is 33.4 Å². The van der Waals surface area contributed by atoms with Crippen LogP contribution in [0.5, 0.6) is 5.88 Å². The third-order valence-corrected chi connectivity index (χ3v) is 4.97. The van der Waals surface area contributed by atoms with Crippen molar-refractivity contribution in [3.05, 3.63) is 58.3 Å². The summed E-state index contributed by atoms with van der Waals surface area (Å²) >= 11 is 1.30. The molecule has 0 aliphatic carbocycles. The summed E-state index contributed by atoms with van der Waals surface area (Å²) in [7, 11) is 0. The Morgan fingerprint density at radius 1 is 1.32 bits per heavy atom. The van der Waals surface area contributed by atoms with Crippen molar-refractivity contribution in [2.24, 2.45) is 0 Å². The van der Waals surface area contributed by atoms with E-state index in [2.05, 4.69) is 10.3 Å². The largest absolute Gasteiger partial charge is 0.475 e. The molecule has 0 aliphatic rings. The SMILES string of the molecule is Cc1c(C(=O)NCc2ccc(OC(C)C)nc2)sc2cccc(F)c12. The van der Waals surface area contributed by atoms with Crippen molar-refractivity contribution in [1.82, 2.24) is 10.3 Å². The quantitative estimate of drug-likeness (QED) is 0.732. The van der Waals surface area contributed by atoms with Crippen LogP contribution in [-0.4, -0.2) is 17.0 Å². The fourth-order valence-corrected chi connectivity index (χ4v) is 3.70. The van der Waals surface area contributed by atoms with Gasteiger partial charge in [0.05, 0.1) is 11.0 Å². The van der Waals surface area contributed by atoms with Gasteiger partial charge in [0.25, 0.3) is 5.91 Å². The Labute approximate surface area is 149 Å². The van der Waals surface area contributed by atoms with Crippen LogP contribution in [0.15, 0.2) is 36.5 Å². The van der Waals surface area contributed by atoms with E-state index in [4.69, 9.17) is 4.74 Å². The monoisotopic (exact) mass is 358 g/mol. The maximum Gasteiger partial charge on any atom is 0.261 e. The van der Waals surface area contributed by atoms with E-state index in [9.17, 15) is 9.18 Å². The number of rotatable bonds is 5. The van der Waals surface area contributed by atoms with E-state index in [0.29, 0.717) is 28.3 Å². The predicted octanol–water partition coefficient (Wildman–Crippen LogP) is 4.46. The lowest BCUT2D eigenvalue weighted by molar-refractivity contribution is 0.0954. The summed E-state index contributed by atoms with van der Waals surface area (Å²) < 4.78 is 20.2. The number of nitrogens with zero attached hydrogens (tertiary/aromatic N) is 1. The van der Waals surface area contributed by atoms with Crippen LogP contribution in [0.1, 0.15) is 34.6 Å². The standard InChI is InChI=1S/C19H19FN2O2S/c1-11(2)24-16-8-7-13(9-21-16)10-22-19(23)18-12(3)17-14(20)5-4-6-15(17)25-18/h4-9,11H,10H2,1-3H3,(H,22,23). The molecule has 6 heteroatoms. The number of nitrogens with one attached hydrogen (secondary N) is 1. The highest BCUT2D eigenvalue weighted by Gasteiger charge is 2.17. The number of aromatic nitrogens is 1. The van der Waals surface area contributed by atoms with Crippen molar-refractivity contribution in [1.29, 1.82) is 0 Å². The molecule has 0 atom stereocenters. The van der Waals surface area contributed by atoms with E-state index in [1.54, 1.807) is 25.3 Å². The van der Waals surface area contributed by atoms with Crippen LogP contribution in [-0.2, 0) is 6.54 Å². The molecule has 0 aliphatic heterocycles. The van der Waals surface area contributed by atoms with Crippen LogP contribution in [0.4, 0.5) is 4.39 Å². The topological polar surface area (TPSA) is 51.2 Å². The summed E-state index contributed by atoms with van der Waals surface area (Å²) in [6.45, 7) is 6.00. The highest BCUT2D eigenvalue weighted by Crippen LogP contribution is 2.32. The summed E-state index contributed by atoms with van der Waals surface area (Å²) in [4.78, 5) is 17.2. The van der Waals surface area contributed by atoms with E-state index >= 15 is 0 Å². The first-order valence-electron chi connectivity index (χ1n) is 8.03. The number of ether oxygens (including phenoxy) is 1. The second kappa shape index (κ2) is 7.19. The molecule has 3 rings (SSSR count). The zero-order valence-electron chi connectivity index (χ0n) is 14.3. The Morgan fingerprint density at radius 3 is 2.76 bits per heavy atom. The molecule has 0 saturated heterocycles. The first kappa shape index (κ1) is 17.4. The molecule has 0 bridgehead atoms. The normalized spacial score (nSPS) is 11.1.